The Balaban J connectivity index is 1.99. The number of halogens is 1. The van der Waals surface area contributed by atoms with Gasteiger partial charge in [-0.15, -0.1) is 5.10 Å². The molecule has 2 aromatic rings. The summed E-state index contributed by atoms with van der Waals surface area (Å²) in [7, 11) is 3.85. The smallest absolute Gasteiger partial charge is 0.0842 e. The van der Waals surface area contributed by atoms with Crippen molar-refractivity contribution in [3.8, 4) is 0 Å². The van der Waals surface area contributed by atoms with E-state index < -0.39 is 0 Å². The summed E-state index contributed by atoms with van der Waals surface area (Å²) in [5, 5.41) is 12.1. The van der Waals surface area contributed by atoms with Crippen LogP contribution in [0.2, 0.25) is 5.02 Å². The molecule has 0 aliphatic carbocycles. The SMILES string of the molecule is CNC(Cc1ccc(Cl)cc1)Cc1cn(C)nn1. The number of hydrogen-bond donors (Lipinski definition) is 1. The van der Waals surface area contributed by atoms with Crippen LogP contribution in [0, 0.1) is 0 Å². The third-order valence-electron chi connectivity index (χ3n) is 2.91. The fraction of sp³-hybridized carbons (Fsp3) is 0.385. The zero-order valence-corrected chi connectivity index (χ0v) is 11.4. The summed E-state index contributed by atoms with van der Waals surface area (Å²) in [4.78, 5) is 0. The monoisotopic (exact) mass is 264 g/mol. The summed E-state index contributed by atoms with van der Waals surface area (Å²) in [6.45, 7) is 0. The van der Waals surface area contributed by atoms with Gasteiger partial charge in [-0.1, -0.05) is 28.9 Å². The van der Waals surface area contributed by atoms with Crippen molar-refractivity contribution in [2.24, 2.45) is 7.05 Å². The van der Waals surface area contributed by atoms with Crippen LogP contribution in [0.3, 0.4) is 0 Å². The minimum Gasteiger partial charge on any atom is -0.316 e. The normalized spacial score (nSPS) is 12.6. The van der Waals surface area contributed by atoms with Crippen molar-refractivity contribution >= 4 is 11.6 Å². The molecule has 4 nitrogen and oxygen atoms in total. The zero-order chi connectivity index (χ0) is 13.0. The molecule has 0 fully saturated rings. The van der Waals surface area contributed by atoms with Crippen LogP contribution in [-0.2, 0) is 19.9 Å². The standard InChI is InChI=1S/C13H17ClN4/c1-15-12(8-13-9-18(2)17-16-13)7-10-3-5-11(14)6-4-10/h3-6,9,12,15H,7-8H2,1-2H3. The maximum Gasteiger partial charge on any atom is 0.0842 e. The Bertz CT molecular complexity index is 492. The molecule has 0 spiro atoms. The summed E-state index contributed by atoms with van der Waals surface area (Å²) >= 11 is 5.88. The quantitative estimate of drug-likeness (QED) is 0.896. The average molecular weight is 265 g/mol. The molecule has 1 atom stereocenters. The third kappa shape index (κ3) is 3.55. The van der Waals surface area contributed by atoms with E-state index in [-0.39, 0.29) is 0 Å². The molecule has 1 unspecified atom stereocenters. The highest BCUT2D eigenvalue weighted by Gasteiger charge is 2.10. The van der Waals surface area contributed by atoms with Crippen LogP contribution in [-0.4, -0.2) is 28.1 Å². The van der Waals surface area contributed by atoms with Gasteiger partial charge >= 0.3 is 0 Å². The van der Waals surface area contributed by atoms with Gasteiger partial charge in [-0.3, -0.25) is 4.68 Å². The van der Waals surface area contributed by atoms with Gasteiger partial charge in [-0.2, -0.15) is 0 Å². The largest absolute Gasteiger partial charge is 0.316 e. The van der Waals surface area contributed by atoms with Crippen LogP contribution in [0.1, 0.15) is 11.3 Å². The van der Waals surface area contributed by atoms with Crippen molar-refractivity contribution in [1.29, 1.82) is 0 Å². The molecule has 1 N–H and O–H groups in total. The number of benzene rings is 1. The molecule has 2 rings (SSSR count). The van der Waals surface area contributed by atoms with Gasteiger partial charge in [-0.25, -0.2) is 0 Å². The summed E-state index contributed by atoms with van der Waals surface area (Å²) < 4.78 is 1.73. The molecule has 0 amide bonds. The molecule has 0 saturated heterocycles. The van der Waals surface area contributed by atoms with Gasteiger partial charge in [0.25, 0.3) is 0 Å². The first-order valence-electron chi connectivity index (χ1n) is 5.94. The summed E-state index contributed by atoms with van der Waals surface area (Å²) in [5.41, 5.74) is 2.27. The van der Waals surface area contributed by atoms with Crippen LogP contribution in [0.25, 0.3) is 0 Å². The first-order valence-corrected chi connectivity index (χ1v) is 6.32. The molecule has 0 saturated carbocycles. The second-order valence-electron chi connectivity index (χ2n) is 4.40. The predicted octanol–water partition coefficient (Wildman–Crippen LogP) is 1.84. The van der Waals surface area contributed by atoms with E-state index in [1.165, 1.54) is 5.56 Å². The Labute approximate surface area is 112 Å². The molecular formula is C13H17ClN4. The van der Waals surface area contributed by atoms with E-state index in [0.29, 0.717) is 6.04 Å². The van der Waals surface area contributed by atoms with Crippen molar-refractivity contribution < 1.29 is 0 Å². The van der Waals surface area contributed by atoms with Gasteiger partial charge < -0.3 is 5.32 Å². The van der Waals surface area contributed by atoms with Crippen molar-refractivity contribution in [2.45, 2.75) is 18.9 Å². The topological polar surface area (TPSA) is 42.7 Å². The molecule has 0 radical (unpaired) electrons. The van der Waals surface area contributed by atoms with E-state index in [4.69, 9.17) is 11.6 Å². The molecule has 0 bridgehead atoms. The molecule has 1 heterocycles. The molecule has 0 aliphatic heterocycles. The van der Waals surface area contributed by atoms with Gasteiger partial charge in [0.05, 0.1) is 5.69 Å². The lowest BCUT2D eigenvalue weighted by Crippen LogP contribution is -2.30. The Hall–Kier alpha value is -1.39. The van der Waals surface area contributed by atoms with Crippen LogP contribution >= 0.6 is 11.6 Å². The number of nitrogens with zero attached hydrogens (tertiary/aromatic N) is 3. The van der Waals surface area contributed by atoms with E-state index in [2.05, 4.69) is 27.8 Å². The fourth-order valence-corrected chi connectivity index (χ4v) is 2.05. The average Bonchev–Trinajstić information content (AvgIpc) is 2.77. The number of likely N-dealkylation sites (N-methyl/N-ethyl adjacent to an activating group) is 1. The number of rotatable bonds is 5. The van der Waals surface area contributed by atoms with Gasteiger partial charge in [0.2, 0.25) is 0 Å². The predicted molar refractivity (Wildman–Crippen MR) is 72.7 cm³/mol. The van der Waals surface area contributed by atoms with Crippen molar-refractivity contribution in [1.82, 2.24) is 20.3 Å². The lowest BCUT2D eigenvalue weighted by Gasteiger charge is -2.14. The van der Waals surface area contributed by atoms with Crippen LogP contribution in [0.5, 0.6) is 0 Å². The first-order chi connectivity index (χ1) is 8.67. The Morgan fingerprint density at radius 3 is 2.56 bits per heavy atom. The lowest BCUT2D eigenvalue weighted by molar-refractivity contribution is 0.549. The highest BCUT2D eigenvalue weighted by Crippen LogP contribution is 2.12. The van der Waals surface area contributed by atoms with Crippen LogP contribution in [0.4, 0.5) is 0 Å². The maximum absolute atomic E-state index is 5.88. The number of aryl methyl sites for hydroxylation is 1. The summed E-state index contributed by atoms with van der Waals surface area (Å²) in [5.74, 6) is 0. The van der Waals surface area contributed by atoms with Crippen LogP contribution < -0.4 is 5.32 Å². The number of nitrogens with one attached hydrogen (secondary N) is 1. The minimum absolute atomic E-state index is 0.350. The van der Waals surface area contributed by atoms with Gasteiger partial charge in [0, 0.05) is 30.7 Å². The molecule has 1 aromatic carbocycles. The first kappa shape index (κ1) is 13.1. The highest BCUT2D eigenvalue weighted by atomic mass is 35.5. The maximum atomic E-state index is 5.88. The molecule has 18 heavy (non-hydrogen) atoms. The van der Waals surface area contributed by atoms with E-state index in [0.717, 1.165) is 23.6 Å². The van der Waals surface area contributed by atoms with E-state index >= 15 is 0 Å². The third-order valence-corrected chi connectivity index (χ3v) is 3.16. The number of hydrogen-bond acceptors (Lipinski definition) is 3. The zero-order valence-electron chi connectivity index (χ0n) is 10.6. The van der Waals surface area contributed by atoms with Crippen molar-refractivity contribution in [2.75, 3.05) is 7.05 Å². The van der Waals surface area contributed by atoms with Crippen molar-refractivity contribution in [3.63, 3.8) is 0 Å². The Morgan fingerprint density at radius 2 is 2.00 bits per heavy atom. The Morgan fingerprint density at radius 1 is 1.28 bits per heavy atom. The molecule has 0 aliphatic rings. The molecular weight excluding hydrogens is 248 g/mol. The van der Waals surface area contributed by atoms with E-state index in [9.17, 15) is 0 Å². The molecule has 1 aromatic heterocycles. The highest BCUT2D eigenvalue weighted by molar-refractivity contribution is 6.30. The van der Waals surface area contributed by atoms with Crippen molar-refractivity contribution in [3.05, 3.63) is 46.7 Å². The summed E-state index contributed by atoms with van der Waals surface area (Å²) in [6.07, 6.45) is 3.77. The minimum atomic E-state index is 0.350. The number of aromatic nitrogens is 3. The van der Waals surface area contributed by atoms with E-state index in [1.54, 1.807) is 4.68 Å². The fourth-order valence-electron chi connectivity index (χ4n) is 1.92. The Kier molecular flexibility index (Phi) is 4.33. The van der Waals surface area contributed by atoms with Gasteiger partial charge in [0.15, 0.2) is 0 Å². The molecule has 96 valence electrons. The second-order valence-corrected chi connectivity index (χ2v) is 4.84. The van der Waals surface area contributed by atoms with E-state index in [1.807, 2.05) is 32.4 Å². The molecule has 5 heteroatoms. The van der Waals surface area contributed by atoms with Gasteiger partial charge in [-0.05, 0) is 31.2 Å². The van der Waals surface area contributed by atoms with Crippen LogP contribution in [0.15, 0.2) is 30.5 Å². The second kappa shape index (κ2) is 5.98. The summed E-state index contributed by atoms with van der Waals surface area (Å²) in [6, 6.07) is 8.31. The van der Waals surface area contributed by atoms with Gasteiger partial charge in [0.1, 0.15) is 0 Å². The lowest BCUT2D eigenvalue weighted by atomic mass is 10.0.